The van der Waals surface area contributed by atoms with Gasteiger partial charge < -0.3 is 4.74 Å². The quantitative estimate of drug-likeness (QED) is 0.654. The molecule has 0 aliphatic carbocycles. The molecular formula is C13H17BrClFO3S. The van der Waals surface area contributed by atoms with E-state index in [0.29, 0.717) is 23.1 Å². The van der Waals surface area contributed by atoms with Crippen molar-refractivity contribution in [2.24, 2.45) is 5.41 Å². The first-order valence-corrected chi connectivity index (χ1v) is 9.48. The van der Waals surface area contributed by atoms with E-state index in [2.05, 4.69) is 15.9 Å². The van der Waals surface area contributed by atoms with E-state index in [-0.39, 0.29) is 18.2 Å². The Bertz CT molecular complexity index is 559. The van der Waals surface area contributed by atoms with Gasteiger partial charge in [-0.3, -0.25) is 0 Å². The molecule has 0 atom stereocenters. The summed E-state index contributed by atoms with van der Waals surface area (Å²) in [5.41, 5.74) is -0.547. The Hall–Kier alpha value is -0.330. The van der Waals surface area contributed by atoms with Crippen LogP contribution in [0.25, 0.3) is 0 Å². The van der Waals surface area contributed by atoms with E-state index in [1.807, 2.05) is 13.8 Å². The molecule has 114 valence electrons. The maximum atomic E-state index is 13.0. The van der Waals surface area contributed by atoms with Gasteiger partial charge >= 0.3 is 0 Å². The predicted molar refractivity (Wildman–Crippen MR) is 82.2 cm³/mol. The average Bonchev–Trinajstić information content (AvgIpc) is 2.35. The van der Waals surface area contributed by atoms with Gasteiger partial charge in [0.15, 0.2) is 0 Å². The van der Waals surface area contributed by atoms with Crippen LogP contribution in [0.1, 0.15) is 26.7 Å². The van der Waals surface area contributed by atoms with E-state index in [0.717, 1.165) is 0 Å². The lowest BCUT2D eigenvalue weighted by Gasteiger charge is -2.30. The van der Waals surface area contributed by atoms with Gasteiger partial charge in [0, 0.05) is 16.1 Å². The van der Waals surface area contributed by atoms with E-state index in [9.17, 15) is 12.8 Å². The molecular weight excluding hydrogens is 371 g/mol. The van der Waals surface area contributed by atoms with E-state index >= 15 is 0 Å². The first-order valence-electron chi connectivity index (χ1n) is 6.21. The molecule has 0 aliphatic rings. The summed E-state index contributed by atoms with van der Waals surface area (Å²) in [4.78, 5) is 0. The van der Waals surface area contributed by atoms with Crippen LogP contribution in [0.3, 0.4) is 0 Å². The Morgan fingerprint density at radius 1 is 1.35 bits per heavy atom. The molecule has 0 N–H and O–H groups in total. The zero-order valence-corrected chi connectivity index (χ0v) is 14.5. The van der Waals surface area contributed by atoms with Gasteiger partial charge in [-0.25, -0.2) is 12.8 Å². The fraction of sp³-hybridized carbons (Fsp3) is 0.538. The molecule has 1 aromatic carbocycles. The van der Waals surface area contributed by atoms with Crippen molar-refractivity contribution in [3.8, 4) is 5.75 Å². The van der Waals surface area contributed by atoms with Gasteiger partial charge in [-0.2, -0.15) is 0 Å². The predicted octanol–water partition coefficient (Wildman–Crippen LogP) is 4.34. The maximum Gasteiger partial charge on any atom is 0.233 e. The Morgan fingerprint density at radius 2 is 1.95 bits per heavy atom. The standard InChI is InChI=1S/C13H17BrClFO3S/c1-3-13(4-2,9-20(15,17)18)8-19-12-6-5-10(16)7-11(12)14/h5-7H,3-4,8-9H2,1-2H3. The summed E-state index contributed by atoms with van der Waals surface area (Å²) in [6, 6.07) is 4.09. The molecule has 20 heavy (non-hydrogen) atoms. The molecule has 7 heteroatoms. The largest absolute Gasteiger partial charge is 0.492 e. The number of rotatable bonds is 7. The molecule has 0 aromatic heterocycles. The van der Waals surface area contributed by atoms with Gasteiger partial charge in [-0.1, -0.05) is 13.8 Å². The average molecular weight is 388 g/mol. The Balaban J connectivity index is 2.86. The maximum absolute atomic E-state index is 13.0. The Morgan fingerprint density at radius 3 is 2.40 bits per heavy atom. The molecule has 0 unspecified atom stereocenters. The minimum atomic E-state index is -3.61. The molecule has 1 aromatic rings. The van der Waals surface area contributed by atoms with Crippen LogP contribution in [0, 0.1) is 11.2 Å². The molecule has 3 nitrogen and oxygen atoms in total. The van der Waals surface area contributed by atoms with Crippen LogP contribution in [-0.2, 0) is 9.05 Å². The van der Waals surface area contributed by atoms with E-state index in [4.69, 9.17) is 15.4 Å². The highest BCUT2D eigenvalue weighted by Crippen LogP contribution is 2.33. The van der Waals surface area contributed by atoms with Crippen LogP contribution in [-0.4, -0.2) is 20.8 Å². The van der Waals surface area contributed by atoms with Gasteiger partial charge in [-0.05, 0) is 47.0 Å². The Kier molecular flexibility index (Phi) is 6.28. The summed E-state index contributed by atoms with van der Waals surface area (Å²) in [5, 5.41) is 0. The summed E-state index contributed by atoms with van der Waals surface area (Å²) < 4.78 is 41.8. The summed E-state index contributed by atoms with van der Waals surface area (Å²) in [5.74, 6) is -0.0395. The number of benzene rings is 1. The molecule has 0 saturated carbocycles. The third kappa shape index (κ3) is 5.22. The number of hydrogen-bond donors (Lipinski definition) is 0. The van der Waals surface area contributed by atoms with Crippen LogP contribution in [0.5, 0.6) is 5.75 Å². The van der Waals surface area contributed by atoms with E-state index < -0.39 is 14.5 Å². The molecule has 0 heterocycles. The third-order valence-corrected chi connectivity index (χ3v) is 5.31. The van der Waals surface area contributed by atoms with Gasteiger partial charge in [-0.15, -0.1) is 0 Å². The molecule has 0 radical (unpaired) electrons. The lowest BCUT2D eigenvalue weighted by Crippen LogP contribution is -2.33. The van der Waals surface area contributed by atoms with Gasteiger partial charge in [0.2, 0.25) is 9.05 Å². The molecule has 0 saturated heterocycles. The highest BCUT2D eigenvalue weighted by atomic mass is 79.9. The third-order valence-electron chi connectivity index (χ3n) is 3.41. The van der Waals surface area contributed by atoms with Gasteiger partial charge in [0.05, 0.1) is 16.8 Å². The second-order valence-corrected chi connectivity index (χ2v) is 8.38. The van der Waals surface area contributed by atoms with Crippen molar-refractivity contribution in [2.45, 2.75) is 26.7 Å². The van der Waals surface area contributed by atoms with Crippen molar-refractivity contribution in [1.29, 1.82) is 0 Å². The molecule has 0 spiro atoms. The molecule has 0 amide bonds. The smallest absolute Gasteiger partial charge is 0.233 e. The number of ether oxygens (including phenoxy) is 1. The summed E-state index contributed by atoms with van der Waals surface area (Å²) in [6.07, 6.45) is 1.24. The van der Waals surface area contributed by atoms with Gasteiger partial charge in [0.25, 0.3) is 0 Å². The van der Waals surface area contributed by atoms with Crippen molar-refractivity contribution in [3.63, 3.8) is 0 Å². The van der Waals surface area contributed by atoms with Crippen molar-refractivity contribution < 1.29 is 17.5 Å². The zero-order valence-electron chi connectivity index (χ0n) is 11.3. The molecule has 0 fully saturated rings. The summed E-state index contributed by atoms with van der Waals surface area (Å²) in [7, 11) is 1.76. The summed E-state index contributed by atoms with van der Waals surface area (Å²) in [6.45, 7) is 4.00. The molecule has 1 rings (SSSR count). The second-order valence-electron chi connectivity index (χ2n) is 4.75. The van der Waals surface area contributed by atoms with Crippen LogP contribution >= 0.6 is 26.6 Å². The van der Waals surface area contributed by atoms with Crippen LogP contribution < -0.4 is 4.74 Å². The summed E-state index contributed by atoms with van der Waals surface area (Å²) >= 11 is 3.21. The normalized spacial score (nSPS) is 12.4. The lowest BCUT2D eigenvalue weighted by molar-refractivity contribution is 0.154. The SMILES string of the molecule is CCC(CC)(COc1ccc(F)cc1Br)CS(=O)(=O)Cl. The topological polar surface area (TPSA) is 43.4 Å². The number of halogens is 3. The van der Waals surface area contributed by atoms with Crippen molar-refractivity contribution >= 4 is 35.7 Å². The first-order chi connectivity index (χ1) is 9.21. The molecule has 0 bridgehead atoms. The highest BCUT2D eigenvalue weighted by molar-refractivity contribution is 9.10. The monoisotopic (exact) mass is 386 g/mol. The van der Waals surface area contributed by atoms with Crippen LogP contribution in [0.15, 0.2) is 22.7 Å². The fourth-order valence-corrected chi connectivity index (χ4v) is 4.27. The zero-order chi connectivity index (χ0) is 15.4. The van der Waals surface area contributed by atoms with Crippen LogP contribution in [0.2, 0.25) is 0 Å². The second kappa shape index (κ2) is 7.09. The lowest BCUT2D eigenvalue weighted by atomic mass is 9.85. The van der Waals surface area contributed by atoms with E-state index in [1.54, 1.807) is 0 Å². The minimum Gasteiger partial charge on any atom is -0.492 e. The minimum absolute atomic E-state index is 0.145. The van der Waals surface area contributed by atoms with Crippen LogP contribution in [0.4, 0.5) is 4.39 Å². The Labute approximate surface area is 132 Å². The van der Waals surface area contributed by atoms with Crippen molar-refractivity contribution in [3.05, 3.63) is 28.5 Å². The highest BCUT2D eigenvalue weighted by Gasteiger charge is 2.32. The number of hydrogen-bond acceptors (Lipinski definition) is 3. The fourth-order valence-electron chi connectivity index (χ4n) is 1.89. The molecule has 0 aliphatic heterocycles. The first kappa shape index (κ1) is 17.7. The van der Waals surface area contributed by atoms with Crippen molar-refractivity contribution in [2.75, 3.05) is 12.4 Å². The van der Waals surface area contributed by atoms with E-state index in [1.165, 1.54) is 18.2 Å². The van der Waals surface area contributed by atoms with Gasteiger partial charge in [0.1, 0.15) is 11.6 Å². The van der Waals surface area contributed by atoms with Crippen molar-refractivity contribution in [1.82, 2.24) is 0 Å².